The van der Waals surface area contributed by atoms with E-state index in [-0.39, 0.29) is 7.92 Å². The molecule has 1 heterocycles. The van der Waals surface area contributed by atoms with Crippen molar-refractivity contribution in [2.24, 2.45) is 11.8 Å². The van der Waals surface area contributed by atoms with E-state index >= 15 is 0 Å². The molecule has 0 bridgehead atoms. The molecule has 0 radical (unpaired) electrons. The maximum absolute atomic E-state index is 2.61. The van der Waals surface area contributed by atoms with E-state index in [2.05, 4.69) is 58.9 Å². The van der Waals surface area contributed by atoms with Crippen LogP contribution in [0.1, 0.15) is 77.0 Å². The molecular weight excluding hydrogens is 303 g/mol. The molecule has 0 nitrogen and oxygen atoms in total. The molecular formula is C20H37PS. The Bertz CT molecular complexity index is 396. The second kappa shape index (κ2) is 10.8. The van der Waals surface area contributed by atoms with Crippen LogP contribution in [0.3, 0.4) is 0 Å². The first-order valence-electron chi connectivity index (χ1n) is 9.34. The van der Waals surface area contributed by atoms with E-state index in [1.165, 1.54) is 50.8 Å². The van der Waals surface area contributed by atoms with Crippen molar-refractivity contribution >= 4 is 24.6 Å². The minimum absolute atomic E-state index is 0.0442. The molecule has 0 amide bonds. The topological polar surface area (TPSA) is 0 Å². The zero-order valence-corrected chi connectivity index (χ0v) is 17.5. The normalized spacial score (nSPS) is 12.0. The van der Waals surface area contributed by atoms with E-state index in [4.69, 9.17) is 0 Å². The Morgan fingerprint density at radius 2 is 1.45 bits per heavy atom. The van der Waals surface area contributed by atoms with Crippen molar-refractivity contribution in [2.45, 2.75) is 80.1 Å². The zero-order valence-electron chi connectivity index (χ0n) is 15.7. The largest absolute Gasteiger partial charge is 0.145 e. The number of aryl methyl sites for hydroxylation is 2. The third-order valence-electron chi connectivity index (χ3n) is 3.88. The van der Waals surface area contributed by atoms with Crippen LogP contribution < -0.4 is 5.30 Å². The molecule has 1 aromatic rings. The minimum atomic E-state index is 0.0442. The van der Waals surface area contributed by atoms with Crippen LogP contribution in [0.4, 0.5) is 0 Å². The maximum Gasteiger partial charge on any atom is 0.0125 e. The highest BCUT2D eigenvalue weighted by Gasteiger charge is 2.20. The molecule has 0 spiro atoms. The Morgan fingerprint density at radius 3 is 1.95 bits per heavy atom. The first-order chi connectivity index (χ1) is 10.5. The molecule has 0 saturated heterocycles. The van der Waals surface area contributed by atoms with E-state index in [1.54, 1.807) is 15.1 Å². The average Bonchev–Trinajstić information content (AvgIpc) is 2.84. The predicted octanol–water partition coefficient (Wildman–Crippen LogP) is 6.85. The molecule has 0 aliphatic carbocycles. The third kappa shape index (κ3) is 7.14. The fourth-order valence-corrected chi connectivity index (χ4v) is 7.75. The van der Waals surface area contributed by atoms with Crippen LogP contribution in [-0.4, -0.2) is 12.3 Å². The molecule has 0 aromatic carbocycles. The van der Waals surface area contributed by atoms with Crippen molar-refractivity contribution in [1.82, 2.24) is 0 Å². The van der Waals surface area contributed by atoms with Gasteiger partial charge in [-0.15, -0.1) is 11.3 Å². The standard InChI is InChI=1S/C20H37PS/c1-7-9-11-18-13-19(20(22-18)12-10-8-2)21(14-16(3)4)15-17(5)6/h13,16-17H,7-12,14-15H2,1-6H3. The van der Waals surface area contributed by atoms with Crippen LogP contribution in [0.2, 0.25) is 0 Å². The number of unbranched alkanes of at least 4 members (excludes halogenated alkanes) is 2. The van der Waals surface area contributed by atoms with Gasteiger partial charge in [-0.05, 0) is 61.2 Å². The van der Waals surface area contributed by atoms with Crippen molar-refractivity contribution in [2.75, 3.05) is 12.3 Å². The van der Waals surface area contributed by atoms with E-state index < -0.39 is 0 Å². The van der Waals surface area contributed by atoms with Gasteiger partial charge < -0.3 is 0 Å². The first-order valence-corrected chi connectivity index (χ1v) is 11.9. The first kappa shape index (κ1) is 20.2. The van der Waals surface area contributed by atoms with Gasteiger partial charge in [0.2, 0.25) is 0 Å². The number of hydrogen-bond donors (Lipinski definition) is 0. The molecule has 0 aliphatic rings. The summed E-state index contributed by atoms with van der Waals surface area (Å²) in [5, 5.41) is 1.78. The van der Waals surface area contributed by atoms with Crippen molar-refractivity contribution in [3.8, 4) is 0 Å². The SMILES string of the molecule is CCCCc1cc(P(CC(C)C)CC(C)C)c(CCCC)s1. The van der Waals surface area contributed by atoms with Gasteiger partial charge in [0.1, 0.15) is 0 Å². The zero-order chi connectivity index (χ0) is 16.5. The third-order valence-corrected chi connectivity index (χ3v) is 8.71. The van der Waals surface area contributed by atoms with Crippen molar-refractivity contribution < 1.29 is 0 Å². The lowest BCUT2D eigenvalue weighted by atomic mass is 10.2. The van der Waals surface area contributed by atoms with E-state index in [1.807, 2.05) is 0 Å². The minimum Gasteiger partial charge on any atom is -0.145 e. The summed E-state index contributed by atoms with van der Waals surface area (Å²) >= 11 is 2.14. The van der Waals surface area contributed by atoms with Gasteiger partial charge in [0.15, 0.2) is 0 Å². The molecule has 0 atom stereocenters. The number of thiophene rings is 1. The summed E-state index contributed by atoms with van der Waals surface area (Å²) < 4.78 is 0. The molecule has 0 fully saturated rings. The molecule has 22 heavy (non-hydrogen) atoms. The van der Waals surface area contributed by atoms with Gasteiger partial charge in [0.25, 0.3) is 0 Å². The van der Waals surface area contributed by atoms with Crippen LogP contribution in [0, 0.1) is 11.8 Å². The molecule has 1 rings (SSSR count). The summed E-state index contributed by atoms with van der Waals surface area (Å²) in [5.41, 5.74) is 0. The highest BCUT2D eigenvalue weighted by molar-refractivity contribution is 7.66. The van der Waals surface area contributed by atoms with E-state index in [9.17, 15) is 0 Å². The van der Waals surface area contributed by atoms with Gasteiger partial charge in [-0.25, -0.2) is 0 Å². The Labute approximate surface area is 144 Å². The lowest BCUT2D eigenvalue weighted by molar-refractivity contribution is 0.721. The lowest BCUT2D eigenvalue weighted by Gasteiger charge is -2.22. The van der Waals surface area contributed by atoms with Crippen molar-refractivity contribution in [3.05, 3.63) is 15.8 Å². The number of hydrogen-bond acceptors (Lipinski definition) is 1. The Balaban J connectivity index is 2.99. The molecule has 128 valence electrons. The maximum atomic E-state index is 2.61. The number of rotatable bonds is 11. The van der Waals surface area contributed by atoms with Crippen molar-refractivity contribution in [3.63, 3.8) is 0 Å². The molecule has 0 N–H and O–H groups in total. The lowest BCUT2D eigenvalue weighted by Crippen LogP contribution is -2.14. The Kier molecular flexibility index (Phi) is 9.92. The molecule has 0 unspecified atom stereocenters. The summed E-state index contributed by atoms with van der Waals surface area (Å²) in [6.45, 7) is 14.2. The summed E-state index contributed by atoms with van der Waals surface area (Å²) in [5.74, 6) is 1.64. The van der Waals surface area contributed by atoms with Gasteiger partial charge >= 0.3 is 0 Å². The van der Waals surface area contributed by atoms with Crippen LogP contribution in [0.25, 0.3) is 0 Å². The van der Waals surface area contributed by atoms with Gasteiger partial charge in [0, 0.05) is 9.75 Å². The van der Waals surface area contributed by atoms with Crippen LogP contribution in [0.15, 0.2) is 6.07 Å². The second-order valence-corrected chi connectivity index (χ2v) is 10.9. The highest BCUT2D eigenvalue weighted by atomic mass is 32.1. The summed E-state index contributed by atoms with van der Waals surface area (Å²) in [6.07, 6.45) is 10.8. The summed E-state index contributed by atoms with van der Waals surface area (Å²) in [7, 11) is 0.0442. The average molecular weight is 341 g/mol. The predicted molar refractivity (Wildman–Crippen MR) is 108 cm³/mol. The van der Waals surface area contributed by atoms with Crippen LogP contribution in [0.5, 0.6) is 0 Å². The van der Waals surface area contributed by atoms with Gasteiger partial charge in [-0.1, -0.05) is 62.3 Å². The fraction of sp³-hybridized carbons (Fsp3) is 0.800. The Morgan fingerprint density at radius 1 is 0.909 bits per heavy atom. The summed E-state index contributed by atoms with van der Waals surface area (Å²) in [4.78, 5) is 3.39. The van der Waals surface area contributed by atoms with Crippen molar-refractivity contribution in [1.29, 1.82) is 0 Å². The molecule has 0 saturated carbocycles. The molecule has 0 aliphatic heterocycles. The molecule has 1 aromatic heterocycles. The van der Waals surface area contributed by atoms with E-state index in [0.717, 1.165) is 11.8 Å². The van der Waals surface area contributed by atoms with Crippen LogP contribution in [-0.2, 0) is 12.8 Å². The quantitative estimate of drug-likeness (QED) is 0.386. The van der Waals surface area contributed by atoms with E-state index in [0.29, 0.717) is 0 Å². The van der Waals surface area contributed by atoms with Gasteiger partial charge in [-0.3, -0.25) is 0 Å². The van der Waals surface area contributed by atoms with Gasteiger partial charge in [-0.2, -0.15) is 0 Å². The highest BCUT2D eigenvalue weighted by Crippen LogP contribution is 2.42. The summed E-state index contributed by atoms with van der Waals surface area (Å²) in [6, 6.07) is 2.61. The van der Waals surface area contributed by atoms with Gasteiger partial charge in [0.05, 0.1) is 0 Å². The van der Waals surface area contributed by atoms with Crippen LogP contribution >= 0.6 is 19.3 Å². The fourth-order valence-electron chi connectivity index (χ4n) is 2.88. The second-order valence-electron chi connectivity index (χ2n) is 7.42. The Hall–Kier alpha value is 0.130. The smallest absolute Gasteiger partial charge is 0.0125 e. The molecule has 2 heteroatoms. The monoisotopic (exact) mass is 340 g/mol.